The molecule has 0 aromatic heterocycles. The van der Waals surface area contributed by atoms with E-state index in [2.05, 4.69) is 73.1 Å². The third-order valence-electron chi connectivity index (χ3n) is 3.00. The van der Waals surface area contributed by atoms with Gasteiger partial charge in [-0.25, -0.2) is 4.79 Å². The Morgan fingerprint density at radius 2 is 1.90 bits per heavy atom. The zero-order chi connectivity index (χ0) is 15.4. The number of aliphatic carboxylic acids is 1. The molecule has 0 bridgehead atoms. The van der Waals surface area contributed by atoms with E-state index in [-0.39, 0.29) is 11.8 Å². The van der Waals surface area contributed by atoms with E-state index in [4.69, 9.17) is 0 Å². The summed E-state index contributed by atoms with van der Waals surface area (Å²) >= 11 is 6.42. The Labute approximate surface area is 158 Å². The molecule has 0 saturated carbocycles. The van der Waals surface area contributed by atoms with Crippen LogP contribution in [0.5, 0.6) is 0 Å². The molecule has 0 radical (unpaired) electrons. The van der Waals surface area contributed by atoms with E-state index in [1.807, 2.05) is 19.9 Å². The summed E-state index contributed by atoms with van der Waals surface area (Å²) in [6.45, 7) is 3.73. The first-order valence-corrected chi connectivity index (χ1v) is 9.19. The highest BCUT2D eigenvalue weighted by Crippen LogP contribution is 2.23. The van der Waals surface area contributed by atoms with Gasteiger partial charge in [0.1, 0.15) is 6.04 Å². The third kappa shape index (κ3) is 4.68. The molecule has 2 unspecified atom stereocenters. The molecule has 0 aliphatic rings. The van der Waals surface area contributed by atoms with Gasteiger partial charge in [-0.1, -0.05) is 20.3 Å². The number of carbonyl (C=O) groups excluding carboxylic acids is 1. The van der Waals surface area contributed by atoms with Crippen molar-refractivity contribution in [1.29, 1.82) is 0 Å². The standard InChI is InChI=1S/C13H14I3NO3/c1-3-6(2)11(13(19)20)17-12(18)8-4-7(14)5-9(15)10(8)16/h4-6,11H,3H2,1-2H3,(H,17,18)(H,19,20). The first kappa shape index (κ1) is 18.4. The molecule has 0 aliphatic heterocycles. The van der Waals surface area contributed by atoms with Gasteiger partial charge in [0, 0.05) is 10.7 Å². The summed E-state index contributed by atoms with van der Waals surface area (Å²) in [5.74, 6) is -1.45. The molecular weight excluding hydrogens is 599 g/mol. The predicted octanol–water partition coefficient (Wildman–Crippen LogP) is 3.73. The maximum absolute atomic E-state index is 12.3. The average Bonchev–Trinajstić information content (AvgIpc) is 2.38. The van der Waals surface area contributed by atoms with Crippen molar-refractivity contribution in [3.05, 3.63) is 28.4 Å². The van der Waals surface area contributed by atoms with Gasteiger partial charge in [0.15, 0.2) is 0 Å². The summed E-state index contributed by atoms with van der Waals surface area (Å²) < 4.78 is 2.78. The SMILES string of the molecule is CCC(C)C(NC(=O)c1cc(I)cc(I)c1I)C(=O)O. The molecule has 2 atom stereocenters. The summed E-state index contributed by atoms with van der Waals surface area (Å²) in [5, 5.41) is 11.9. The molecule has 1 aromatic carbocycles. The van der Waals surface area contributed by atoms with Gasteiger partial charge in [-0.05, 0) is 85.8 Å². The average molecular weight is 613 g/mol. The van der Waals surface area contributed by atoms with Gasteiger partial charge in [-0.15, -0.1) is 0 Å². The van der Waals surface area contributed by atoms with Gasteiger partial charge in [0.05, 0.1) is 5.56 Å². The molecule has 1 rings (SSSR count). The monoisotopic (exact) mass is 613 g/mol. The van der Waals surface area contributed by atoms with E-state index < -0.39 is 12.0 Å². The van der Waals surface area contributed by atoms with Gasteiger partial charge < -0.3 is 10.4 Å². The lowest BCUT2D eigenvalue weighted by Gasteiger charge is -2.20. The Morgan fingerprint density at radius 3 is 2.40 bits per heavy atom. The number of carboxylic acid groups (broad SMARTS) is 1. The van der Waals surface area contributed by atoms with E-state index in [9.17, 15) is 14.7 Å². The first-order valence-electron chi connectivity index (χ1n) is 5.96. The number of carboxylic acids is 1. The van der Waals surface area contributed by atoms with Crippen molar-refractivity contribution < 1.29 is 14.7 Å². The molecule has 0 heterocycles. The summed E-state index contributed by atoms with van der Waals surface area (Å²) in [5.41, 5.74) is 0.524. The highest BCUT2D eigenvalue weighted by Gasteiger charge is 2.26. The zero-order valence-corrected chi connectivity index (χ0v) is 17.4. The van der Waals surface area contributed by atoms with Crippen LogP contribution in [0.1, 0.15) is 30.6 Å². The van der Waals surface area contributed by atoms with Crippen molar-refractivity contribution in [2.24, 2.45) is 5.92 Å². The number of carbonyl (C=O) groups is 2. The van der Waals surface area contributed by atoms with Crippen LogP contribution in [0.3, 0.4) is 0 Å². The van der Waals surface area contributed by atoms with E-state index in [1.54, 1.807) is 6.07 Å². The number of halogens is 3. The molecule has 7 heteroatoms. The second-order valence-corrected chi connectivity index (χ2v) is 7.91. The molecule has 0 saturated heterocycles. The van der Waals surface area contributed by atoms with Crippen molar-refractivity contribution >= 4 is 79.6 Å². The minimum atomic E-state index is -0.997. The van der Waals surface area contributed by atoms with Crippen molar-refractivity contribution in [3.63, 3.8) is 0 Å². The molecule has 0 spiro atoms. The topological polar surface area (TPSA) is 66.4 Å². The van der Waals surface area contributed by atoms with E-state index >= 15 is 0 Å². The largest absolute Gasteiger partial charge is 0.480 e. The second-order valence-electron chi connectivity index (χ2n) is 4.42. The van der Waals surface area contributed by atoms with Crippen molar-refractivity contribution in [2.45, 2.75) is 26.3 Å². The number of hydrogen-bond donors (Lipinski definition) is 2. The summed E-state index contributed by atoms with van der Waals surface area (Å²) in [6, 6.07) is 2.89. The summed E-state index contributed by atoms with van der Waals surface area (Å²) in [4.78, 5) is 23.6. The lowest BCUT2D eigenvalue weighted by Crippen LogP contribution is -2.45. The van der Waals surface area contributed by atoms with Gasteiger partial charge in [0.25, 0.3) is 5.91 Å². The summed E-state index contributed by atoms with van der Waals surface area (Å²) in [7, 11) is 0. The third-order valence-corrected chi connectivity index (χ3v) is 6.67. The van der Waals surface area contributed by atoms with Crippen LogP contribution < -0.4 is 5.32 Å². The Bertz CT molecular complexity index is 534. The van der Waals surface area contributed by atoms with Gasteiger partial charge in [-0.3, -0.25) is 4.79 Å². The number of benzene rings is 1. The molecule has 0 fully saturated rings. The van der Waals surface area contributed by atoms with Crippen LogP contribution in [0.15, 0.2) is 12.1 Å². The van der Waals surface area contributed by atoms with Crippen molar-refractivity contribution in [2.75, 3.05) is 0 Å². The smallest absolute Gasteiger partial charge is 0.326 e. The highest BCUT2D eigenvalue weighted by molar-refractivity contribution is 14.1. The van der Waals surface area contributed by atoms with Crippen LogP contribution in [0.2, 0.25) is 0 Å². The zero-order valence-electron chi connectivity index (χ0n) is 10.9. The Hall–Kier alpha value is 0.350. The second kappa shape index (κ2) is 8.11. The van der Waals surface area contributed by atoms with E-state index in [1.165, 1.54) is 0 Å². The summed E-state index contributed by atoms with van der Waals surface area (Å²) in [6.07, 6.45) is 0.693. The van der Waals surface area contributed by atoms with Crippen LogP contribution in [-0.4, -0.2) is 23.0 Å². The number of rotatable bonds is 5. The molecule has 1 amide bonds. The van der Waals surface area contributed by atoms with Crippen LogP contribution in [0.4, 0.5) is 0 Å². The van der Waals surface area contributed by atoms with Crippen LogP contribution >= 0.6 is 67.8 Å². The fourth-order valence-electron chi connectivity index (χ4n) is 1.62. The lowest BCUT2D eigenvalue weighted by atomic mass is 9.99. The molecule has 110 valence electrons. The van der Waals surface area contributed by atoms with Crippen molar-refractivity contribution in [1.82, 2.24) is 5.32 Å². The van der Waals surface area contributed by atoms with E-state index in [0.29, 0.717) is 12.0 Å². The normalized spacial score (nSPS) is 13.7. The van der Waals surface area contributed by atoms with Gasteiger partial charge in [-0.2, -0.15) is 0 Å². The molecule has 0 aliphatic carbocycles. The first-order chi connectivity index (χ1) is 9.27. The Balaban J connectivity index is 3.04. The van der Waals surface area contributed by atoms with Crippen LogP contribution in [0.25, 0.3) is 0 Å². The molecular formula is C13H14I3NO3. The number of nitrogens with one attached hydrogen (secondary N) is 1. The van der Waals surface area contributed by atoms with Crippen molar-refractivity contribution in [3.8, 4) is 0 Å². The van der Waals surface area contributed by atoms with E-state index in [0.717, 1.165) is 10.7 Å². The molecule has 20 heavy (non-hydrogen) atoms. The van der Waals surface area contributed by atoms with Crippen LogP contribution in [-0.2, 0) is 4.79 Å². The fourth-order valence-corrected chi connectivity index (χ4v) is 4.02. The highest BCUT2D eigenvalue weighted by atomic mass is 127. The maximum Gasteiger partial charge on any atom is 0.326 e. The minimum absolute atomic E-state index is 0.115. The van der Waals surface area contributed by atoms with Crippen LogP contribution in [0, 0.1) is 16.6 Å². The quantitative estimate of drug-likeness (QED) is 0.394. The van der Waals surface area contributed by atoms with Gasteiger partial charge in [0.2, 0.25) is 0 Å². The number of amides is 1. The predicted molar refractivity (Wildman–Crippen MR) is 103 cm³/mol. The molecule has 2 N–H and O–H groups in total. The molecule has 1 aromatic rings. The number of hydrogen-bond acceptors (Lipinski definition) is 2. The Morgan fingerprint density at radius 1 is 1.30 bits per heavy atom. The fraction of sp³-hybridized carbons (Fsp3) is 0.385. The minimum Gasteiger partial charge on any atom is -0.480 e. The van der Waals surface area contributed by atoms with Gasteiger partial charge >= 0.3 is 5.97 Å². The lowest BCUT2D eigenvalue weighted by molar-refractivity contribution is -0.140. The Kier molecular flexibility index (Phi) is 7.46. The maximum atomic E-state index is 12.3. The molecule has 4 nitrogen and oxygen atoms in total.